The van der Waals surface area contributed by atoms with Gasteiger partial charge in [-0.2, -0.15) is 0 Å². The van der Waals surface area contributed by atoms with E-state index in [0.717, 1.165) is 0 Å². The van der Waals surface area contributed by atoms with Crippen molar-refractivity contribution in [3.8, 4) is 0 Å². The van der Waals surface area contributed by atoms with Gasteiger partial charge in [0.1, 0.15) is 6.04 Å². The lowest BCUT2D eigenvalue weighted by Gasteiger charge is -2.15. The first-order chi connectivity index (χ1) is 14.2. The molecule has 3 amide bonds. The number of hydrogen-bond donors (Lipinski definition) is 3. The fourth-order valence-corrected chi connectivity index (χ4v) is 2.73. The molecule has 1 atom stereocenters. The standard InChI is InChI=1S/C21H23Cl2N3O4/c1-12(2)11-30-21(29)26-15-7-4-6-14(10-15)25-19(27)13(3)24-20(28)16-8-5-9-17(22)18(16)23/h4-10,12-13H,11H2,1-3H3,(H,24,28)(H,25,27)(H,26,29). The number of halogens is 2. The Balaban J connectivity index is 1.96. The topological polar surface area (TPSA) is 96.5 Å². The average Bonchev–Trinajstić information content (AvgIpc) is 2.68. The Labute approximate surface area is 185 Å². The maximum absolute atomic E-state index is 12.4. The van der Waals surface area contributed by atoms with E-state index in [2.05, 4.69) is 16.0 Å². The Morgan fingerprint density at radius 3 is 2.27 bits per heavy atom. The van der Waals surface area contributed by atoms with Crippen LogP contribution in [0.2, 0.25) is 10.0 Å². The van der Waals surface area contributed by atoms with Crippen LogP contribution in [0.3, 0.4) is 0 Å². The van der Waals surface area contributed by atoms with Gasteiger partial charge in [0.05, 0.1) is 22.2 Å². The summed E-state index contributed by atoms with van der Waals surface area (Å²) in [5, 5.41) is 8.22. The first-order valence-electron chi connectivity index (χ1n) is 9.27. The third-order valence-electron chi connectivity index (χ3n) is 3.86. The lowest BCUT2D eigenvalue weighted by Crippen LogP contribution is -2.41. The Morgan fingerprint density at radius 1 is 0.967 bits per heavy atom. The molecule has 0 radical (unpaired) electrons. The van der Waals surface area contributed by atoms with E-state index in [9.17, 15) is 14.4 Å². The molecule has 2 aromatic rings. The van der Waals surface area contributed by atoms with Crippen molar-refractivity contribution < 1.29 is 19.1 Å². The number of amides is 3. The second-order valence-electron chi connectivity index (χ2n) is 6.98. The summed E-state index contributed by atoms with van der Waals surface area (Å²) in [4.78, 5) is 36.6. The quantitative estimate of drug-likeness (QED) is 0.554. The van der Waals surface area contributed by atoms with Gasteiger partial charge in [0.25, 0.3) is 5.91 Å². The third kappa shape index (κ3) is 6.93. The summed E-state index contributed by atoms with van der Waals surface area (Å²) in [5.74, 6) is -0.741. The molecule has 3 N–H and O–H groups in total. The van der Waals surface area contributed by atoms with Gasteiger partial charge in [-0.05, 0) is 43.2 Å². The van der Waals surface area contributed by atoms with Crippen LogP contribution < -0.4 is 16.0 Å². The molecule has 2 aromatic carbocycles. The largest absolute Gasteiger partial charge is 0.449 e. The molecule has 9 heteroatoms. The van der Waals surface area contributed by atoms with E-state index in [1.807, 2.05) is 13.8 Å². The van der Waals surface area contributed by atoms with Crippen molar-refractivity contribution in [2.75, 3.05) is 17.2 Å². The molecule has 0 aliphatic carbocycles. The number of carbonyl (C=O) groups is 3. The SMILES string of the molecule is CC(C)COC(=O)Nc1cccc(NC(=O)C(C)NC(=O)c2cccc(Cl)c2Cl)c1. The zero-order chi connectivity index (χ0) is 22.3. The Bertz CT molecular complexity index is 934. The molecule has 0 aliphatic heterocycles. The Hall–Kier alpha value is -2.77. The molecule has 0 bridgehead atoms. The van der Waals surface area contributed by atoms with E-state index in [1.165, 1.54) is 13.0 Å². The van der Waals surface area contributed by atoms with Gasteiger partial charge in [-0.3, -0.25) is 14.9 Å². The minimum absolute atomic E-state index is 0.118. The Kier molecular flexibility index (Phi) is 8.50. The number of rotatable bonds is 7. The molecule has 1 unspecified atom stereocenters. The average molecular weight is 452 g/mol. The minimum atomic E-state index is -0.847. The van der Waals surface area contributed by atoms with Crippen LogP contribution in [0.15, 0.2) is 42.5 Å². The molecule has 0 heterocycles. The van der Waals surface area contributed by atoms with Crippen LogP contribution in [0.1, 0.15) is 31.1 Å². The molecular weight excluding hydrogens is 429 g/mol. The van der Waals surface area contributed by atoms with Gasteiger partial charge in [0.15, 0.2) is 0 Å². The van der Waals surface area contributed by atoms with Crippen molar-refractivity contribution in [2.45, 2.75) is 26.8 Å². The third-order valence-corrected chi connectivity index (χ3v) is 4.68. The predicted octanol–water partition coefficient (Wildman–Crippen LogP) is 4.95. The van der Waals surface area contributed by atoms with Crippen molar-refractivity contribution >= 4 is 52.5 Å². The lowest BCUT2D eigenvalue weighted by molar-refractivity contribution is -0.117. The van der Waals surface area contributed by atoms with Crippen LogP contribution in [-0.4, -0.2) is 30.6 Å². The van der Waals surface area contributed by atoms with Crippen LogP contribution >= 0.6 is 23.2 Å². The maximum Gasteiger partial charge on any atom is 0.411 e. The van der Waals surface area contributed by atoms with Gasteiger partial charge in [-0.25, -0.2) is 4.79 Å². The molecule has 0 aromatic heterocycles. The number of ether oxygens (including phenoxy) is 1. The molecule has 0 aliphatic rings. The number of hydrogen-bond acceptors (Lipinski definition) is 4. The summed E-state index contributed by atoms with van der Waals surface area (Å²) < 4.78 is 5.07. The lowest BCUT2D eigenvalue weighted by atomic mass is 10.2. The van der Waals surface area contributed by atoms with E-state index in [0.29, 0.717) is 18.0 Å². The minimum Gasteiger partial charge on any atom is -0.449 e. The molecule has 0 spiro atoms. The summed E-state index contributed by atoms with van der Waals surface area (Å²) in [6, 6.07) is 10.4. The second-order valence-corrected chi connectivity index (χ2v) is 7.77. The second kappa shape index (κ2) is 10.8. The normalized spacial score (nSPS) is 11.5. The van der Waals surface area contributed by atoms with Crippen molar-refractivity contribution in [2.24, 2.45) is 5.92 Å². The van der Waals surface area contributed by atoms with E-state index < -0.39 is 23.9 Å². The predicted molar refractivity (Wildman–Crippen MR) is 118 cm³/mol. The van der Waals surface area contributed by atoms with Crippen molar-refractivity contribution in [1.29, 1.82) is 0 Å². The Morgan fingerprint density at radius 2 is 1.60 bits per heavy atom. The molecule has 30 heavy (non-hydrogen) atoms. The molecule has 160 valence electrons. The van der Waals surface area contributed by atoms with Crippen molar-refractivity contribution in [1.82, 2.24) is 5.32 Å². The highest BCUT2D eigenvalue weighted by Crippen LogP contribution is 2.25. The van der Waals surface area contributed by atoms with Crippen molar-refractivity contribution in [3.63, 3.8) is 0 Å². The van der Waals surface area contributed by atoms with Gasteiger partial charge in [0.2, 0.25) is 5.91 Å². The first-order valence-corrected chi connectivity index (χ1v) is 10.0. The summed E-state index contributed by atoms with van der Waals surface area (Å²) in [6.07, 6.45) is -0.578. The monoisotopic (exact) mass is 451 g/mol. The molecule has 7 nitrogen and oxygen atoms in total. The summed E-state index contributed by atoms with van der Waals surface area (Å²) in [7, 11) is 0. The van der Waals surface area contributed by atoms with Gasteiger partial charge >= 0.3 is 6.09 Å². The van der Waals surface area contributed by atoms with Gasteiger partial charge < -0.3 is 15.4 Å². The zero-order valence-corrected chi connectivity index (χ0v) is 18.3. The van der Waals surface area contributed by atoms with Gasteiger partial charge in [0, 0.05) is 11.4 Å². The van der Waals surface area contributed by atoms with E-state index in [-0.39, 0.29) is 21.5 Å². The highest BCUT2D eigenvalue weighted by atomic mass is 35.5. The highest BCUT2D eigenvalue weighted by Gasteiger charge is 2.19. The molecule has 2 rings (SSSR count). The summed E-state index contributed by atoms with van der Waals surface area (Å²) >= 11 is 12.0. The molecule has 0 saturated carbocycles. The fraction of sp³-hybridized carbons (Fsp3) is 0.286. The van der Waals surface area contributed by atoms with Crippen LogP contribution in [0, 0.1) is 5.92 Å². The van der Waals surface area contributed by atoms with Gasteiger partial charge in [-0.15, -0.1) is 0 Å². The number of nitrogens with one attached hydrogen (secondary N) is 3. The van der Waals surface area contributed by atoms with Crippen LogP contribution in [0.5, 0.6) is 0 Å². The molecule has 0 fully saturated rings. The summed E-state index contributed by atoms with van der Waals surface area (Å²) in [5.41, 5.74) is 1.09. The first kappa shape index (κ1) is 23.5. The van der Waals surface area contributed by atoms with Crippen molar-refractivity contribution in [3.05, 3.63) is 58.1 Å². The van der Waals surface area contributed by atoms with Gasteiger partial charge in [-0.1, -0.05) is 49.2 Å². The van der Waals surface area contributed by atoms with E-state index >= 15 is 0 Å². The van der Waals surface area contributed by atoms with Crippen LogP contribution in [0.4, 0.5) is 16.2 Å². The number of carbonyl (C=O) groups excluding carboxylic acids is 3. The molecular formula is C21H23Cl2N3O4. The maximum atomic E-state index is 12.4. The highest BCUT2D eigenvalue weighted by molar-refractivity contribution is 6.43. The van der Waals surface area contributed by atoms with E-state index in [4.69, 9.17) is 27.9 Å². The number of benzene rings is 2. The molecule has 0 saturated heterocycles. The fourth-order valence-electron chi connectivity index (χ4n) is 2.34. The van der Waals surface area contributed by atoms with E-state index in [1.54, 1.807) is 36.4 Å². The smallest absolute Gasteiger partial charge is 0.411 e. The van der Waals surface area contributed by atoms with Crippen LogP contribution in [-0.2, 0) is 9.53 Å². The zero-order valence-electron chi connectivity index (χ0n) is 16.8. The van der Waals surface area contributed by atoms with Crippen LogP contribution in [0.25, 0.3) is 0 Å². The summed E-state index contributed by atoms with van der Waals surface area (Å²) in [6.45, 7) is 5.71. The number of anilines is 2.